The van der Waals surface area contributed by atoms with Crippen LogP contribution in [0.25, 0.3) is 0 Å². The lowest BCUT2D eigenvalue weighted by Gasteiger charge is -2.41. The van der Waals surface area contributed by atoms with Gasteiger partial charge in [-0.2, -0.15) is 0 Å². The Kier molecular flexibility index (Phi) is 7.84. The van der Waals surface area contributed by atoms with Gasteiger partial charge in [-0.1, -0.05) is 0 Å². The molecule has 1 heterocycles. The standard InChI is InChI=1S/C14H25NO10/c1-6-11(21)8(19)3-10(24-6)25-13(12(22)9(20)4-16)14(23,5-17)15-7(2)18/h5-6,8-13,16,19-23H,3-4H2,1-2H3,(H,15,18)/t6-,8-,9-,10?,11-,12-,13+,14+/m1/s1. The quantitative estimate of drug-likeness (QED) is 0.164. The molecule has 0 aromatic heterocycles. The molecule has 1 rings (SSSR count). The number of hydrogen-bond donors (Lipinski definition) is 7. The van der Waals surface area contributed by atoms with E-state index in [0.29, 0.717) is 0 Å². The van der Waals surface area contributed by atoms with Crippen LogP contribution in [0.2, 0.25) is 0 Å². The highest BCUT2D eigenvalue weighted by Crippen LogP contribution is 2.26. The van der Waals surface area contributed by atoms with Gasteiger partial charge >= 0.3 is 0 Å². The van der Waals surface area contributed by atoms with E-state index < -0.39 is 61.2 Å². The molecule has 8 atom stereocenters. The van der Waals surface area contributed by atoms with Crippen molar-refractivity contribution in [2.75, 3.05) is 6.61 Å². The third kappa shape index (κ3) is 5.39. The van der Waals surface area contributed by atoms with Crippen LogP contribution in [-0.4, -0.2) is 98.1 Å². The molecule has 0 saturated carbocycles. The van der Waals surface area contributed by atoms with Crippen LogP contribution in [-0.2, 0) is 19.1 Å². The summed E-state index contributed by atoms with van der Waals surface area (Å²) in [7, 11) is 0. The van der Waals surface area contributed by atoms with Gasteiger partial charge in [-0.15, -0.1) is 0 Å². The molecule has 0 aromatic carbocycles. The van der Waals surface area contributed by atoms with E-state index >= 15 is 0 Å². The van der Waals surface area contributed by atoms with Gasteiger partial charge in [0.1, 0.15) is 24.4 Å². The second-order valence-electron chi connectivity index (χ2n) is 5.99. The highest BCUT2D eigenvalue weighted by molar-refractivity contribution is 5.79. The van der Waals surface area contributed by atoms with Crippen molar-refractivity contribution in [2.45, 2.75) is 68.9 Å². The average Bonchev–Trinajstić information content (AvgIpc) is 2.55. The Hall–Kier alpha value is -1.18. The number of rotatable bonds is 8. The molecule has 11 nitrogen and oxygen atoms in total. The van der Waals surface area contributed by atoms with Gasteiger partial charge in [0.25, 0.3) is 0 Å². The normalized spacial score (nSPS) is 33.0. The first-order valence-corrected chi connectivity index (χ1v) is 7.67. The number of hydrogen-bond acceptors (Lipinski definition) is 10. The maximum absolute atomic E-state index is 11.3. The van der Waals surface area contributed by atoms with Gasteiger partial charge in [0, 0.05) is 13.3 Å². The molecule has 7 N–H and O–H groups in total. The zero-order valence-electron chi connectivity index (χ0n) is 13.8. The van der Waals surface area contributed by atoms with Crippen molar-refractivity contribution in [3.05, 3.63) is 0 Å². The topological polar surface area (TPSA) is 186 Å². The number of carbonyl (C=O) groups is 2. The zero-order valence-corrected chi connectivity index (χ0v) is 13.8. The van der Waals surface area contributed by atoms with Crippen molar-refractivity contribution in [3.63, 3.8) is 0 Å². The van der Waals surface area contributed by atoms with Gasteiger partial charge < -0.3 is 45.4 Å². The summed E-state index contributed by atoms with van der Waals surface area (Å²) >= 11 is 0. The van der Waals surface area contributed by atoms with Crippen molar-refractivity contribution in [1.29, 1.82) is 0 Å². The summed E-state index contributed by atoms with van der Waals surface area (Å²) in [4.78, 5) is 22.6. The number of ether oxygens (including phenoxy) is 2. The first-order valence-electron chi connectivity index (χ1n) is 7.67. The molecule has 0 aromatic rings. The maximum atomic E-state index is 11.3. The minimum Gasteiger partial charge on any atom is -0.394 e. The van der Waals surface area contributed by atoms with Crippen molar-refractivity contribution in [1.82, 2.24) is 5.32 Å². The summed E-state index contributed by atoms with van der Waals surface area (Å²) in [5, 5.41) is 60.3. The Balaban J connectivity index is 3.06. The fraction of sp³-hybridized carbons (Fsp3) is 0.857. The largest absolute Gasteiger partial charge is 0.394 e. The Labute approximate surface area is 143 Å². The maximum Gasteiger partial charge on any atom is 0.224 e. The first-order chi connectivity index (χ1) is 11.6. The van der Waals surface area contributed by atoms with Crippen LogP contribution in [0.1, 0.15) is 20.3 Å². The van der Waals surface area contributed by atoms with Gasteiger partial charge in [-0.25, -0.2) is 0 Å². The SMILES string of the molecule is CC(=O)N[C@](O)(C=O)[C@@H](OC1C[C@@H](O)[C@H](O)[C@@H](C)O1)[C@H](O)[C@H](O)CO. The van der Waals surface area contributed by atoms with Crippen LogP contribution >= 0.6 is 0 Å². The number of nitrogens with one attached hydrogen (secondary N) is 1. The van der Waals surface area contributed by atoms with E-state index in [1.807, 2.05) is 5.32 Å². The summed E-state index contributed by atoms with van der Waals surface area (Å²) in [5.41, 5.74) is -2.74. The Morgan fingerprint density at radius 3 is 2.48 bits per heavy atom. The molecule has 11 heteroatoms. The smallest absolute Gasteiger partial charge is 0.224 e. The van der Waals surface area contributed by atoms with E-state index in [2.05, 4.69) is 0 Å². The van der Waals surface area contributed by atoms with E-state index in [9.17, 15) is 35.1 Å². The second-order valence-corrected chi connectivity index (χ2v) is 5.99. The van der Waals surface area contributed by atoms with Crippen LogP contribution in [0.4, 0.5) is 0 Å². The van der Waals surface area contributed by atoms with E-state index in [4.69, 9.17) is 14.6 Å². The van der Waals surface area contributed by atoms with Crippen LogP contribution in [0.3, 0.4) is 0 Å². The monoisotopic (exact) mass is 367 g/mol. The molecular weight excluding hydrogens is 342 g/mol. The summed E-state index contributed by atoms with van der Waals surface area (Å²) in [5.74, 6) is -0.831. The van der Waals surface area contributed by atoms with Gasteiger partial charge in [0.2, 0.25) is 11.6 Å². The highest BCUT2D eigenvalue weighted by Gasteiger charge is 2.48. The third-order valence-corrected chi connectivity index (χ3v) is 3.86. The summed E-state index contributed by atoms with van der Waals surface area (Å²) in [6.07, 6.45) is -10.7. The molecule has 1 fully saturated rings. The van der Waals surface area contributed by atoms with E-state index in [0.717, 1.165) is 6.92 Å². The third-order valence-electron chi connectivity index (χ3n) is 3.86. The molecule has 1 aliphatic rings. The Bertz CT molecular complexity index is 451. The Morgan fingerprint density at radius 1 is 1.44 bits per heavy atom. The van der Waals surface area contributed by atoms with E-state index in [-0.39, 0.29) is 12.7 Å². The lowest BCUT2D eigenvalue weighted by Crippen LogP contribution is -2.65. The summed E-state index contributed by atoms with van der Waals surface area (Å²) in [6.45, 7) is 1.52. The fourth-order valence-electron chi connectivity index (χ4n) is 2.48. The van der Waals surface area contributed by atoms with Gasteiger partial charge in [0.15, 0.2) is 12.6 Å². The number of amides is 1. The molecule has 0 aliphatic carbocycles. The molecule has 1 unspecified atom stereocenters. The zero-order chi connectivity index (χ0) is 19.4. The van der Waals surface area contributed by atoms with Crippen LogP contribution in [0.5, 0.6) is 0 Å². The number of aldehydes is 1. The Morgan fingerprint density at radius 2 is 2.04 bits per heavy atom. The number of carbonyl (C=O) groups excluding carboxylic acids is 2. The molecule has 1 saturated heterocycles. The van der Waals surface area contributed by atoms with Crippen molar-refractivity contribution in [3.8, 4) is 0 Å². The average molecular weight is 367 g/mol. The molecule has 0 spiro atoms. The molecule has 146 valence electrons. The summed E-state index contributed by atoms with van der Waals surface area (Å²) < 4.78 is 10.6. The van der Waals surface area contributed by atoms with Crippen molar-refractivity contribution in [2.24, 2.45) is 0 Å². The van der Waals surface area contributed by atoms with Crippen molar-refractivity contribution >= 4 is 12.2 Å². The predicted molar refractivity (Wildman–Crippen MR) is 79.8 cm³/mol. The minimum absolute atomic E-state index is 0.107. The van der Waals surface area contributed by atoms with Gasteiger partial charge in [-0.05, 0) is 6.92 Å². The minimum atomic E-state index is -2.74. The van der Waals surface area contributed by atoms with Gasteiger partial charge in [-0.3, -0.25) is 9.59 Å². The molecule has 1 amide bonds. The molecular formula is C14H25NO10. The van der Waals surface area contributed by atoms with Crippen LogP contribution in [0.15, 0.2) is 0 Å². The molecule has 0 radical (unpaired) electrons. The fourth-order valence-corrected chi connectivity index (χ4v) is 2.48. The number of aliphatic hydroxyl groups excluding tert-OH is 5. The number of aliphatic hydroxyl groups is 6. The first kappa shape index (κ1) is 21.9. The predicted octanol–water partition coefficient (Wildman–Crippen LogP) is -4.03. The van der Waals surface area contributed by atoms with E-state index in [1.54, 1.807) is 0 Å². The lowest BCUT2D eigenvalue weighted by molar-refractivity contribution is -0.294. The van der Waals surface area contributed by atoms with Crippen LogP contribution < -0.4 is 5.32 Å². The highest BCUT2D eigenvalue weighted by atomic mass is 16.7. The second kappa shape index (κ2) is 8.96. The van der Waals surface area contributed by atoms with Crippen molar-refractivity contribution < 1.29 is 49.7 Å². The lowest BCUT2D eigenvalue weighted by atomic mass is 9.97. The van der Waals surface area contributed by atoms with Gasteiger partial charge in [0.05, 0.1) is 18.8 Å². The summed E-state index contributed by atoms with van der Waals surface area (Å²) in [6, 6.07) is 0. The molecule has 25 heavy (non-hydrogen) atoms. The molecule has 1 aliphatic heterocycles. The van der Waals surface area contributed by atoms with Crippen LogP contribution in [0, 0.1) is 0 Å². The van der Waals surface area contributed by atoms with E-state index in [1.165, 1.54) is 6.92 Å². The molecule has 0 bridgehead atoms.